The van der Waals surface area contributed by atoms with E-state index in [0.29, 0.717) is 0 Å². The lowest BCUT2D eigenvalue weighted by molar-refractivity contribution is -0.133. The first-order chi connectivity index (χ1) is 16.5. The lowest BCUT2D eigenvalue weighted by atomic mass is 9.99. The summed E-state index contributed by atoms with van der Waals surface area (Å²) >= 11 is 0. The number of carbonyl (C=O) groups excluding carboxylic acids is 5. The van der Waals surface area contributed by atoms with Crippen LogP contribution in [0.4, 0.5) is 4.79 Å². The molecule has 0 spiro atoms. The van der Waals surface area contributed by atoms with Crippen LogP contribution in [0.5, 0.6) is 0 Å². The number of hydrogen-bond acceptors (Lipinski definition) is 7. The molecule has 12 nitrogen and oxygen atoms in total. The predicted octanol–water partition coefficient (Wildman–Crippen LogP) is 0.845. The van der Waals surface area contributed by atoms with Gasteiger partial charge in [-0.05, 0) is 52.4 Å². The summed E-state index contributed by atoms with van der Waals surface area (Å²) in [7, 11) is 0. The van der Waals surface area contributed by atoms with Crippen molar-refractivity contribution in [3.8, 4) is 6.07 Å². The number of primary amides is 1. The summed E-state index contributed by atoms with van der Waals surface area (Å²) < 4.78 is 5.14. The molecule has 0 aliphatic rings. The van der Waals surface area contributed by atoms with Crippen LogP contribution in [0.25, 0.3) is 0 Å². The highest BCUT2D eigenvalue weighted by molar-refractivity contribution is 5.94. The van der Waals surface area contributed by atoms with E-state index in [1.54, 1.807) is 34.6 Å². The Balaban J connectivity index is 5.36. The molecule has 0 aliphatic carbocycles. The molecule has 1 unspecified atom stereocenters. The molecule has 4 atom stereocenters. The van der Waals surface area contributed by atoms with Crippen molar-refractivity contribution in [3.63, 3.8) is 0 Å². The lowest BCUT2D eigenvalue weighted by Gasteiger charge is -2.28. The van der Waals surface area contributed by atoms with Gasteiger partial charge in [-0.25, -0.2) is 4.79 Å². The molecule has 0 saturated carbocycles. The average Bonchev–Trinajstić information content (AvgIpc) is 2.71. The Hall–Kier alpha value is -3.36. The second-order valence-corrected chi connectivity index (χ2v) is 10.5. The van der Waals surface area contributed by atoms with Gasteiger partial charge in [0.1, 0.15) is 29.8 Å². The van der Waals surface area contributed by atoms with Gasteiger partial charge in [0.15, 0.2) is 0 Å². The molecule has 0 aromatic carbocycles. The number of carbonyl (C=O) groups is 5. The first-order valence-corrected chi connectivity index (χ1v) is 12.0. The number of ether oxygens (including phenoxy) is 1. The zero-order valence-electron chi connectivity index (χ0n) is 22.6. The van der Waals surface area contributed by atoms with E-state index in [-0.39, 0.29) is 31.1 Å². The Kier molecular flexibility index (Phi) is 13.5. The minimum atomic E-state index is -0.996. The molecular weight excluding hydrogens is 468 g/mol. The molecule has 0 fully saturated rings. The summed E-state index contributed by atoms with van der Waals surface area (Å²) in [6.45, 7) is 13.7. The highest BCUT2D eigenvalue weighted by Crippen LogP contribution is 2.10. The number of nitriles is 1. The van der Waals surface area contributed by atoms with E-state index in [9.17, 15) is 29.2 Å². The molecule has 5 amide bonds. The van der Waals surface area contributed by atoms with E-state index >= 15 is 0 Å². The van der Waals surface area contributed by atoms with Crippen LogP contribution in [-0.4, -0.2) is 59.5 Å². The number of nitrogens with one attached hydrogen (secondary N) is 4. The van der Waals surface area contributed by atoms with Crippen molar-refractivity contribution in [1.82, 2.24) is 21.3 Å². The minimum Gasteiger partial charge on any atom is -0.444 e. The van der Waals surface area contributed by atoms with E-state index in [1.165, 1.54) is 6.92 Å². The molecule has 0 saturated heterocycles. The maximum Gasteiger partial charge on any atom is 0.408 e. The molecule has 0 radical (unpaired) electrons. The molecule has 204 valence electrons. The summed E-state index contributed by atoms with van der Waals surface area (Å²) in [5.74, 6) is -2.68. The molecule has 0 bridgehead atoms. The number of nitrogens with two attached hydrogens (primary N) is 1. The average molecular weight is 511 g/mol. The molecule has 0 aromatic rings. The SMILES string of the molecule is CC(C)C[C@H](NC(=O)[C@@H](NC(=O)[C@H](C)NC(=O)OC(C)(C)C)C(C)C)C(=O)NC(C#N)CCC(N)=O. The summed E-state index contributed by atoms with van der Waals surface area (Å²) in [4.78, 5) is 61.5. The van der Waals surface area contributed by atoms with Crippen LogP contribution in [0.15, 0.2) is 0 Å². The molecule has 0 aliphatic heterocycles. The summed E-state index contributed by atoms with van der Waals surface area (Å²) in [6.07, 6.45) is -0.516. The molecule has 12 heteroatoms. The van der Waals surface area contributed by atoms with Crippen LogP contribution >= 0.6 is 0 Å². The lowest BCUT2D eigenvalue weighted by Crippen LogP contribution is -2.58. The summed E-state index contributed by atoms with van der Waals surface area (Å²) in [5.41, 5.74) is 4.37. The Morgan fingerprint density at radius 2 is 1.47 bits per heavy atom. The maximum atomic E-state index is 13.1. The van der Waals surface area contributed by atoms with Crippen molar-refractivity contribution >= 4 is 29.7 Å². The van der Waals surface area contributed by atoms with Crippen LogP contribution in [-0.2, 0) is 23.9 Å². The van der Waals surface area contributed by atoms with E-state index in [0.717, 1.165) is 0 Å². The highest BCUT2D eigenvalue weighted by atomic mass is 16.6. The smallest absolute Gasteiger partial charge is 0.408 e. The Morgan fingerprint density at radius 3 is 1.92 bits per heavy atom. The van der Waals surface area contributed by atoms with Crippen LogP contribution < -0.4 is 27.0 Å². The number of nitrogens with zero attached hydrogens (tertiary/aromatic N) is 1. The zero-order chi connectivity index (χ0) is 28.2. The standard InChI is InChI=1S/C24H42N6O6/c1-13(2)11-17(21(33)28-16(12-25)9-10-18(26)31)29-22(34)19(14(3)4)30-20(32)15(5)27-23(35)36-24(6,7)8/h13-17,19H,9-11H2,1-8H3,(H2,26,31)(H,27,35)(H,28,33)(H,29,34)(H,30,32)/t15-,16?,17-,19-/m0/s1. The second-order valence-electron chi connectivity index (χ2n) is 10.5. The van der Waals surface area contributed by atoms with Crippen molar-refractivity contribution in [2.45, 2.75) is 104 Å². The van der Waals surface area contributed by atoms with Gasteiger partial charge in [-0.2, -0.15) is 5.26 Å². The second kappa shape index (κ2) is 14.9. The number of hydrogen-bond donors (Lipinski definition) is 5. The minimum absolute atomic E-state index is 0.0253. The zero-order valence-corrected chi connectivity index (χ0v) is 22.6. The summed E-state index contributed by atoms with van der Waals surface area (Å²) in [6, 6.07) is -1.99. The van der Waals surface area contributed by atoms with Crippen LogP contribution in [0.3, 0.4) is 0 Å². The monoisotopic (exact) mass is 510 g/mol. The normalized spacial score (nSPS) is 14.6. The summed E-state index contributed by atoms with van der Waals surface area (Å²) in [5, 5.41) is 19.5. The van der Waals surface area contributed by atoms with Gasteiger partial charge in [0, 0.05) is 6.42 Å². The molecule has 0 heterocycles. The quantitative estimate of drug-likeness (QED) is 0.242. The molecule has 0 rings (SSSR count). The largest absolute Gasteiger partial charge is 0.444 e. The predicted molar refractivity (Wildman–Crippen MR) is 133 cm³/mol. The van der Waals surface area contributed by atoms with E-state index in [1.807, 2.05) is 19.9 Å². The Morgan fingerprint density at radius 1 is 0.889 bits per heavy atom. The third kappa shape index (κ3) is 13.5. The fourth-order valence-electron chi connectivity index (χ4n) is 3.06. The van der Waals surface area contributed by atoms with Crippen molar-refractivity contribution in [2.24, 2.45) is 17.6 Å². The fraction of sp³-hybridized carbons (Fsp3) is 0.750. The number of alkyl carbamates (subject to hydrolysis) is 1. The van der Waals surface area contributed by atoms with Gasteiger partial charge in [0.2, 0.25) is 23.6 Å². The van der Waals surface area contributed by atoms with Crippen molar-refractivity contribution < 1.29 is 28.7 Å². The number of rotatable bonds is 13. The molecule has 36 heavy (non-hydrogen) atoms. The first kappa shape index (κ1) is 32.6. The van der Waals surface area contributed by atoms with E-state index in [2.05, 4.69) is 21.3 Å². The maximum absolute atomic E-state index is 13.1. The van der Waals surface area contributed by atoms with Gasteiger partial charge in [-0.15, -0.1) is 0 Å². The molecular formula is C24H42N6O6. The Labute approximate surface area is 213 Å². The molecule has 0 aromatic heterocycles. The van der Waals surface area contributed by atoms with Gasteiger partial charge in [-0.3, -0.25) is 19.2 Å². The third-order valence-electron chi connectivity index (χ3n) is 4.87. The van der Waals surface area contributed by atoms with Crippen molar-refractivity contribution in [1.29, 1.82) is 5.26 Å². The highest BCUT2D eigenvalue weighted by Gasteiger charge is 2.31. The van der Waals surface area contributed by atoms with Gasteiger partial charge < -0.3 is 31.7 Å². The van der Waals surface area contributed by atoms with Crippen LogP contribution in [0.2, 0.25) is 0 Å². The Bertz CT molecular complexity index is 830. The van der Waals surface area contributed by atoms with Crippen molar-refractivity contribution in [3.05, 3.63) is 0 Å². The first-order valence-electron chi connectivity index (χ1n) is 12.0. The van der Waals surface area contributed by atoms with Crippen LogP contribution in [0, 0.1) is 23.2 Å². The van der Waals surface area contributed by atoms with Crippen LogP contribution in [0.1, 0.15) is 74.7 Å². The van der Waals surface area contributed by atoms with Crippen molar-refractivity contribution in [2.75, 3.05) is 0 Å². The van der Waals surface area contributed by atoms with E-state index < -0.39 is 59.5 Å². The third-order valence-corrected chi connectivity index (χ3v) is 4.87. The van der Waals surface area contributed by atoms with E-state index in [4.69, 9.17) is 10.5 Å². The molecule has 6 N–H and O–H groups in total. The van der Waals surface area contributed by atoms with Gasteiger partial charge in [-0.1, -0.05) is 27.7 Å². The van der Waals surface area contributed by atoms with Gasteiger partial charge >= 0.3 is 6.09 Å². The topological polar surface area (TPSA) is 193 Å². The fourth-order valence-corrected chi connectivity index (χ4v) is 3.06. The van der Waals surface area contributed by atoms with Gasteiger partial charge in [0.25, 0.3) is 0 Å². The van der Waals surface area contributed by atoms with Gasteiger partial charge in [0.05, 0.1) is 6.07 Å². The number of amides is 5.